The Bertz CT molecular complexity index is 1430. The summed E-state index contributed by atoms with van der Waals surface area (Å²) in [7, 11) is -3.68. The summed E-state index contributed by atoms with van der Waals surface area (Å²) < 4.78 is 33.1. The van der Waals surface area contributed by atoms with Gasteiger partial charge in [-0.15, -0.1) is 0 Å². The van der Waals surface area contributed by atoms with Gasteiger partial charge in [-0.3, -0.25) is 4.79 Å². The Labute approximate surface area is 228 Å². The highest BCUT2D eigenvalue weighted by Gasteiger charge is 2.30. The van der Waals surface area contributed by atoms with Crippen molar-refractivity contribution in [3.8, 4) is 0 Å². The molecule has 10 heteroatoms. The molecule has 0 unspecified atom stereocenters. The van der Waals surface area contributed by atoms with E-state index in [0.29, 0.717) is 36.6 Å². The molecule has 2 amide bonds. The van der Waals surface area contributed by atoms with Crippen molar-refractivity contribution in [2.45, 2.75) is 37.7 Å². The van der Waals surface area contributed by atoms with E-state index < -0.39 is 21.7 Å². The smallest absolute Gasteiger partial charge is 0.407 e. The number of sulfonamides is 1. The lowest BCUT2D eigenvalue weighted by molar-refractivity contribution is 0.0528. The zero-order valence-corrected chi connectivity index (χ0v) is 23.3. The average Bonchev–Trinajstić information content (AvgIpc) is 2.87. The number of fused-ring (bicyclic) bond motifs is 1. The summed E-state index contributed by atoms with van der Waals surface area (Å²) in [6.07, 6.45) is 0.141. The molecule has 3 aromatic rings. The molecule has 0 radical (unpaired) electrons. The Morgan fingerprint density at radius 1 is 0.921 bits per heavy atom. The third kappa shape index (κ3) is 6.83. The second kappa shape index (κ2) is 11.3. The van der Waals surface area contributed by atoms with E-state index >= 15 is 0 Å². The van der Waals surface area contributed by atoms with Crippen LogP contribution in [0.4, 0.5) is 4.79 Å². The lowest BCUT2D eigenvalue weighted by Crippen LogP contribution is -2.50. The molecule has 0 bridgehead atoms. The van der Waals surface area contributed by atoms with Crippen LogP contribution in [0, 0.1) is 0 Å². The van der Waals surface area contributed by atoms with Gasteiger partial charge in [-0.2, -0.15) is 4.31 Å². The highest BCUT2D eigenvalue weighted by Crippen LogP contribution is 2.25. The maximum absolute atomic E-state index is 13.2. The van der Waals surface area contributed by atoms with Gasteiger partial charge < -0.3 is 15.0 Å². The summed E-state index contributed by atoms with van der Waals surface area (Å²) in [6.45, 7) is 6.91. The van der Waals surface area contributed by atoms with Gasteiger partial charge >= 0.3 is 6.09 Å². The van der Waals surface area contributed by atoms with Crippen LogP contribution in [0.3, 0.4) is 0 Å². The van der Waals surface area contributed by atoms with Crippen molar-refractivity contribution in [1.82, 2.24) is 14.5 Å². The number of rotatable bonds is 6. The highest BCUT2D eigenvalue weighted by atomic mass is 35.5. The number of carbonyl (C=O) groups is 2. The molecule has 202 valence electrons. The molecule has 0 atom stereocenters. The van der Waals surface area contributed by atoms with Crippen LogP contribution in [0.15, 0.2) is 65.6 Å². The van der Waals surface area contributed by atoms with Gasteiger partial charge in [0.15, 0.2) is 0 Å². The summed E-state index contributed by atoms with van der Waals surface area (Å²) in [6, 6.07) is 17.6. The molecule has 8 nitrogen and oxygen atoms in total. The monoisotopic (exact) mass is 557 g/mol. The summed E-state index contributed by atoms with van der Waals surface area (Å²) in [5.74, 6) is -0.136. The van der Waals surface area contributed by atoms with E-state index in [1.807, 2.05) is 32.9 Å². The number of amides is 2. The number of piperazine rings is 1. The van der Waals surface area contributed by atoms with Gasteiger partial charge in [0.05, 0.1) is 4.90 Å². The van der Waals surface area contributed by atoms with Gasteiger partial charge in [-0.25, -0.2) is 13.2 Å². The number of nitrogens with one attached hydrogen (secondary N) is 1. The maximum Gasteiger partial charge on any atom is 0.407 e. The quantitative estimate of drug-likeness (QED) is 0.473. The first-order chi connectivity index (χ1) is 17.9. The topological polar surface area (TPSA) is 96.0 Å². The van der Waals surface area contributed by atoms with E-state index in [0.717, 1.165) is 16.3 Å². The van der Waals surface area contributed by atoms with E-state index in [-0.39, 0.29) is 23.9 Å². The summed E-state index contributed by atoms with van der Waals surface area (Å²) >= 11 is 6.03. The van der Waals surface area contributed by atoms with Crippen molar-refractivity contribution in [3.63, 3.8) is 0 Å². The van der Waals surface area contributed by atoms with Gasteiger partial charge in [-0.05, 0) is 79.9 Å². The van der Waals surface area contributed by atoms with Crippen LogP contribution in [0.5, 0.6) is 0 Å². The molecule has 38 heavy (non-hydrogen) atoms. The van der Waals surface area contributed by atoms with E-state index in [1.165, 1.54) is 4.31 Å². The zero-order chi connectivity index (χ0) is 27.5. The average molecular weight is 558 g/mol. The van der Waals surface area contributed by atoms with Gasteiger partial charge in [0.1, 0.15) is 5.60 Å². The molecule has 3 aromatic carbocycles. The van der Waals surface area contributed by atoms with Crippen molar-refractivity contribution in [2.75, 3.05) is 32.7 Å². The van der Waals surface area contributed by atoms with Crippen molar-refractivity contribution < 1.29 is 22.7 Å². The number of nitrogens with zero attached hydrogens (tertiary/aromatic N) is 2. The lowest BCUT2D eigenvalue weighted by atomic mass is 10.1. The van der Waals surface area contributed by atoms with E-state index in [2.05, 4.69) is 5.32 Å². The number of carbonyl (C=O) groups excluding carboxylic acids is 2. The first-order valence-electron chi connectivity index (χ1n) is 12.5. The lowest BCUT2D eigenvalue weighted by Gasteiger charge is -2.34. The van der Waals surface area contributed by atoms with E-state index in [4.69, 9.17) is 16.3 Å². The molecular weight excluding hydrogens is 526 g/mol. The van der Waals surface area contributed by atoms with Gasteiger partial charge in [0.25, 0.3) is 5.91 Å². The standard InChI is InChI=1S/C28H32ClN3O5S/c1-28(2,3)37-27(34)30-13-12-20-4-6-21(7-5-20)26(33)31-14-16-32(17-15-31)38(35,36)25-11-9-22-18-24(29)10-8-23(22)19-25/h4-11,18-19H,12-17H2,1-3H3,(H,30,34). The molecule has 1 aliphatic heterocycles. The van der Waals surface area contributed by atoms with Crippen molar-refractivity contribution >= 4 is 44.4 Å². The third-order valence-electron chi connectivity index (χ3n) is 6.22. The Morgan fingerprint density at radius 3 is 2.21 bits per heavy atom. The largest absolute Gasteiger partial charge is 0.444 e. The Hall–Kier alpha value is -3.14. The first kappa shape index (κ1) is 27.9. The molecule has 1 heterocycles. The third-order valence-corrected chi connectivity index (χ3v) is 8.35. The summed E-state index contributed by atoms with van der Waals surface area (Å²) in [4.78, 5) is 26.7. The normalized spacial score (nSPS) is 14.9. The molecule has 1 N–H and O–H groups in total. The number of ether oxygens (including phenoxy) is 1. The van der Waals surface area contributed by atoms with E-state index in [1.54, 1.807) is 53.4 Å². The minimum absolute atomic E-state index is 0.136. The molecule has 0 aliphatic carbocycles. The molecule has 0 saturated carbocycles. The molecule has 0 spiro atoms. The predicted molar refractivity (Wildman–Crippen MR) is 148 cm³/mol. The van der Waals surface area contributed by atoms with Gasteiger partial charge in [-0.1, -0.05) is 35.9 Å². The van der Waals surface area contributed by atoms with Crippen molar-refractivity contribution in [1.29, 1.82) is 0 Å². The van der Waals surface area contributed by atoms with Crippen molar-refractivity contribution in [2.24, 2.45) is 0 Å². The Morgan fingerprint density at radius 2 is 1.55 bits per heavy atom. The van der Waals surface area contributed by atoms with Crippen LogP contribution in [0.1, 0.15) is 36.7 Å². The van der Waals surface area contributed by atoms with Gasteiger partial charge in [0.2, 0.25) is 10.0 Å². The molecular formula is C28H32ClN3O5S. The summed E-state index contributed by atoms with van der Waals surface area (Å²) in [5, 5.41) is 4.99. The Balaban J connectivity index is 1.31. The summed E-state index contributed by atoms with van der Waals surface area (Å²) in [5.41, 5.74) is 0.970. The minimum atomic E-state index is -3.68. The number of alkyl carbamates (subject to hydrolysis) is 1. The second-order valence-corrected chi connectivity index (χ2v) is 12.6. The molecule has 1 saturated heterocycles. The van der Waals surface area contributed by atoms with Crippen LogP contribution in [-0.4, -0.2) is 67.9 Å². The van der Waals surface area contributed by atoms with E-state index in [9.17, 15) is 18.0 Å². The highest BCUT2D eigenvalue weighted by molar-refractivity contribution is 7.89. The maximum atomic E-state index is 13.2. The Kier molecular flexibility index (Phi) is 8.30. The van der Waals surface area contributed by atoms with Gasteiger partial charge in [0, 0.05) is 43.3 Å². The van der Waals surface area contributed by atoms with Crippen LogP contribution in [0.25, 0.3) is 10.8 Å². The molecule has 4 rings (SSSR count). The van der Waals surface area contributed by atoms with Crippen LogP contribution >= 0.6 is 11.6 Å². The number of halogens is 1. The second-order valence-electron chi connectivity index (χ2n) is 10.2. The molecule has 1 aliphatic rings. The number of benzene rings is 3. The first-order valence-corrected chi connectivity index (χ1v) is 14.3. The number of hydrogen-bond acceptors (Lipinski definition) is 5. The fraction of sp³-hybridized carbons (Fsp3) is 0.357. The van der Waals surface area contributed by atoms with Crippen LogP contribution in [-0.2, 0) is 21.2 Å². The predicted octanol–water partition coefficient (Wildman–Crippen LogP) is 4.71. The molecule has 1 fully saturated rings. The van der Waals surface area contributed by atoms with Crippen LogP contribution in [0.2, 0.25) is 5.02 Å². The van der Waals surface area contributed by atoms with Crippen LogP contribution < -0.4 is 5.32 Å². The van der Waals surface area contributed by atoms with Crippen molar-refractivity contribution in [3.05, 3.63) is 76.8 Å². The fourth-order valence-electron chi connectivity index (χ4n) is 4.26. The minimum Gasteiger partial charge on any atom is -0.444 e. The fourth-order valence-corrected chi connectivity index (χ4v) is 5.89. The zero-order valence-electron chi connectivity index (χ0n) is 21.7. The number of hydrogen-bond donors (Lipinski definition) is 1. The SMILES string of the molecule is CC(C)(C)OC(=O)NCCc1ccc(C(=O)N2CCN(S(=O)(=O)c3ccc4cc(Cl)ccc4c3)CC2)cc1. The molecule has 0 aromatic heterocycles.